The van der Waals surface area contributed by atoms with Gasteiger partial charge < -0.3 is 10.2 Å². The van der Waals surface area contributed by atoms with Gasteiger partial charge in [-0.25, -0.2) is 12.8 Å². The normalized spacial score (nSPS) is 14.8. The summed E-state index contributed by atoms with van der Waals surface area (Å²) in [6.07, 6.45) is 5.38. The molecule has 1 atom stereocenters. The van der Waals surface area contributed by atoms with Gasteiger partial charge in [-0.05, 0) is 63.3 Å². The molecular weight excluding hydrogens is 493 g/mol. The minimum atomic E-state index is -3.58. The molecule has 1 fully saturated rings. The third-order valence-corrected chi connectivity index (χ3v) is 8.13. The van der Waals surface area contributed by atoms with Gasteiger partial charge in [0.15, 0.2) is 0 Å². The van der Waals surface area contributed by atoms with E-state index in [9.17, 15) is 22.4 Å². The van der Waals surface area contributed by atoms with Crippen LogP contribution in [-0.2, 0) is 26.2 Å². The molecule has 202 valence electrons. The molecule has 0 bridgehead atoms. The molecule has 9 heteroatoms. The Morgan fingerprint density at radius 2 is 1.78 bits per heavy atom. The molecule has 7 nitrogen and oxygen atoms in total. The molecule has 0 saturated heterocycles. The van der Waals surface area contributed by atoms with Gasteiger partial charge in [-0.2, -0.15) is 0 Å². The lowest BCUT2D eigenvalue weighted by Gasteiger charge is -2.30. The van der Waals surface area contributed by atoms with E-state index in [1.54, 1.807) is 25.1 Å². The van der Waals surface area contributed by atoms with Crippen LogP contribution in [0.1, 0.15) is 62.1 Å². The van der Waals surface area contributed by atoms with E-state index in [2.05, 4.69) is 5.32 Å². The third-order valence-electron chi connectivity index (χ3n) is 6.95. The van der Waals surface area contributed by atoms with Gasteiger partial charge in [0.25, 0.3) is 0 Å². The molecule has 3 rings (SSSR count). The van der Waals surface area contributed by atoms with Crippen molar-refractivity contribution in [1.82, 2.24) is 10.2 Å². The van der Waals surface area contributed by atoms with Crippen molar-refractivity contribution >= 4 is 27.5 Å². The van der Waals surface area contributed by atoms with E-state index in [0.717, 1.165) is 43.1 Å². The van der Waals surface area contributed by atoms with Gasteiger partial charge in [0.05, 0.1) is 11.9 Å². The van der Waals surface area contributed by atoms with Crippen LogP contribution in [0.5, 0.6) is 0 Å². The molecule has 1 saturated carbocycles. The van der Waals surface area contributed by atoms with E-state index in [4.69, 9.17) is 0 Å². The van der Waals surface area contributed by atoms with E-state index >= 15 is 0 Å². The van der Waals surface area contributed by atoms with Gasteiger partial charge in [0.1, 0.15) is 11.9 Å². The molecule has 37 heavy (non-hydrogen) atoms. The molecule has 1 aliphatic carbocycles. The van der Waals surface area contributed by atoms with Crippen LogP contribution in [0, 0.1) is 19.7 Å². The van der Waals surface area contributed by atoms with Crippen LogP contribution in [0.15, 0.2) is 42.5 Å². The number of sulfonamides is 1. The molecule has 0 heterocycles. The predicted molar refractivity (Wildman–Crippen MR) is 144 cm³/mol. The molecule has 1 N–H and O–H groups in total. The molecule has 0 radical (unpaired) electrons. The van der Waals surface area contributed by atoms with Crippen molar-refractivity contribution in [3.05, 3.63) is 65.0 Å². The highest BCUT2D eigenvalue weighted by molar-refractivity contribution is 7.92. The van der Waals surface area contributed by atoms with Crippen molar-refractivity contribution in [2.45, 2.75) is 77.9 Å². The van der Waals surface area contributed by atoms with E-state index in [1.807, 2.05) is 32.0 Å². The summed E-state index contributed by atoms with van der Waals surface area (Å²) in [7, 11) is -3.58. The minimum absolute atomic E-state index is 0.0202. The summed E-state index contributed by atoms with van der Waals surface area (Å²) in [5.74, 6) is -1.03. The Morgan fingerprint density at radius 3 is 2.43 bits per heavy atom. The summed E-state index contributed by atoms with van der Waals surface area (Å²) in [5, 5.41) is 3.03. The third kappa shape index (κ3) is 7.77. The lowest BCUT2D eigenvalue weighted by atomic mass is 10.1. The van der Waals surface area contributed by atoms with Crippen LogP contribution in [0.3, 0.4) is 0 Å². The highest BCUT2D eigenvalue weighted by Gasteiger charge is 2.29. The maximum Gasteiger partial charge on any atom is 0.242 e. The fraction of sp³-hybridized carbons (Fsp3) is 0.500. The lowest BCUT2D eigenvalue weighted by molar-refractivity contribution is -0.141. The van der Waals surface area contributed by atoms with E-state index in [1.165, 1.54) is 15.3 Å². The van der Waals surface area contributed by atoms with Crippen molar-refractivity contribution in [2.75, 3.05) is 17.1 Å². The van der Waals surface area contributed by atoms with Gasteiger partial charge in [-0.3, -0.25) is 13.9 Å². The second kappa shape index (κ2) is 12.5. The van der Waals surface area contributed by atoms with Gasteiger partial charge in [0.2, 0.25) is 21.8 Å². The number of carbonyl (C=O) groups is 2. The van der Waals surface area contributed by atoms with Crippen molar-refractivity contribution < 1.29 is 22.4 Å². The van der Waals surface area contributed by atoms with Crippen molar-refractivity contribution in [2.24, 2.45) is 0 Å². The largest absolute Gasteiger partial charge is 0.352 e. The van der Waals surface area contributed by atoms with E-state index in [0.29, 0.717) is 11.3 Å². The maximum atomic E-state index is 14.4. The predicted octanol–water partition coefficient (Wildman–Crippen LogP) is 4.46. The van der Waals surface area contributed by atoms with Crippen molar-refractivity contribution in [3.63, 3.8) is 0 Å². The van der Waals surface area contributed by atoms with Crippen molar-refractivity contribution in [1.29, 1.82) is 0 Å². The first-order valence-corrected chi connectivity index (χ1v) is 14.7. The highest BCUT2D eigenvalue weighted by atomic mass is 32.2. The zero-order valence-electron chi connectivity index (χ0n) is 22.2. The second-order valence-corrected chi connectivity index (χ2v) is 11.9. The Labute approximate surface area is 220 Å². The van der Waals surface area contributed by atoms with E-state index < -0.39 is 21.9 Å². The summed E-state index contributed by atoms with van der Waals surface area (Å²) in [4.78, 5) is 27.8. The molecule has 2 aromatic rings. The smallest absolute Gasteiger partial charge is 0.242 e. The fourth-order valence-corrected chi connectivity index (χ4v) is 5.77. The standard InChI is InChI=1S/C28H38FN3O4S/c1-20-15-16-21(2)26(18-20)32(37(4,35)36)17-9-14-27(33)31(19-23-10-5-8-13-25(23)29)22(3)28(34)30-24-11-6-7-12-24/h5,8,10,13,15-16,18,22,24H,6-7,9,11-12,14,17,19H2,1-4H3,(H,30,34). The number of aryl methyl sites for hydroxylation is 2. The highest BCUT2D eigenvalue weighted by Crippen LogP contribution is 2.25. The zero-order valence-corrected chi connectivity index (χ0v) is 23.0. The molecule has 2 aromatic carbocycles. The Balaban J connectivity index is 1.75. The first kappa shape index (κ1) is 28.6. The number of halogens is 1. The maximum absolute atomic E-state index is 14.4. The fourth-order valence-electron chi connectivity index (χ4n) is 4.76. The average Bonchev–Trinajstić information content (AvgIpc) is 3.34. The van der Waals surface area contributed by atoms with Crippen LogP contribution >= 0.6 is 0 Å². The number of rotatable bonds is 11. The first-order chi connectivity index (χ1) is 17.5. The number of anilines is 1. The van der Waals surface area contributed by atoms with Crippen LogP contribution in [0.2, 0.25) is 0 Å². The van der Waals surface area contributed by atoms with Crippen LogP contribution in [0.4, 0.5) is 10.1 Å². The van der Waals surface area contributed by atoms with Gasteiger partial charge >= 0.3 is 0 Å². The monoisotopic (exact) mass is 531 g/mol. The van der Waals surface area contributed by atoms with Gasteiger partial charge in [-0.1, -0.05) is 43.2 Å². The number of hydrogen-bond donors (Lipinski definition) is 1. The molecule has 1 aliphatic rings. The number of benzene rings is 2. The number of nitrogens with zero attached hydrogens (tertiary/aromatic N) is 2. The topological polar surface area (TPSA) is 86.8 Å². The van der Waals surface area contributed by atoms with Crippen LogP contribution < -0.4 is 9.62 Å². The molecule has 0 aromatic heterocycles. The summed E-state index contributed by atoms with van der Waals surface area (Å²) >= 11 is 0. The summed E-state index contributed by atoms with van der Waals surface area (Å²) in [6.45, 7) is 5.47. The quantitative estimate of drug-likeness (QED) is 0.464. The molecule has 0 spiro atoms. The SMILES string of the molecule is Cc1ccc(C)c(N(CCCC(=O)N(Cc2ccccc2F)C(C)C(=O)NC2CCCC2)S(C)(=O)=O)c1. The number of hydrogen-bond acceptors (Lipinski definition) is 4. The Hall–Kier alpha value is -2.94. The van der Waals surface area contributed by atoms with Gasteiger partial charge in [0, 0.05) is 31.1 Å². The number of carbonyl (C=O) groups excluding carboxylic acids is 2. The van der Waals surface area contributed by atoms with E-state index in [-0.39, 0.29) is 43.8 Å². The second-order valence-electron chi connectivity index (χ2n) is 10.0. The average molecular weight is 532 g/mol. The number of nitrogens with one attached hydrogen (secondary N) is 1. The Kier molecular flexibility index (Phi) is 9.70. The summed E-state index contributed by atoms with van der Waals surface area (Å²) in [5.41, 5.74) is 2.66. The Morgan fingerprint density at radius 1 is 1.11 bits per heavy atom. The zero-order chi connectivity index (χ0) is 27.2. The first-order valence-electron chi connectivity index (χ1n) is 12.9. The van der Waals surface area contributed by atoms with Crippen LogP contribution in [0.25, 0.3) is 0 Å². The molecule has 0 aliphatic heterocycles. The minimum Gasteiger partial charge on any atom is -0.352 e. The lowest BCUT2D eigenvalue weighted by Crippen LogP contribution is -2.49. The van der Waals surface area contributed by atoms with Crippen molar-refractivity contribution in [3.8, 4) is 0 Å². The summed E-state index contributed by atoms with van der Waals surface area (Å²) in [6, 6.07) is 11.1. The van der Waals surface area contributed by atoms with Gasteiger partial charge in [-0.15, -0.1) is 0 Å². The number of amides is 2. The molecular formula is C28H38FN3O4S. The summed E-state index contributed by atoms with van der Waals surface area (Å²) < 4.78 is 40.9. The Bertz CT molecular complexity index is 1210. The van der Waals surface area contributed by atoms with Crippen LogP contribution in [-0.4, -0.2) is 50.0 Å². The molecule has 1 unspecified atom stereocenters. The molecule has 2 amide bonds.